The Labute approximate surface area is 158 Å². The second-order valence-electron chi connectivity index (χ2n) is 7.90. The molecular formula is C19H27N3O3S. The van der Waals surface area contributed by atoms with Crippen LogP contribution in [-0.4, -0.2) is 64.9 Å². The fourth-order valence-corrected chi connectivity index (χ4v) is 5.14. The molecule has 0 bridgehead atoms. The van der Waals surface area contributed by atoms with Gasteiger partial charge >= 0.3 is 5.97 Å². The Hall–Kier alpha value is -1.47. The highest BCUT2D eigenvalue weighted by Gasteiger charge is 2.51. The number of likely N-dealkylation sites (tertiary alicyclic amines) is 2. The van der Waals surface area contributed by atoms with E-state index in [1.807, 2.05) is 4.90 Å². The Bertz CT molecular complexity index is 632. The maximum Gasteiger partial charge on any atom is 0.312 e. The van der Waals surface area contributed by atoms with E-state index in [4.69, 9.17) is 4.74 Å². The lowest BCUT2D eigenvalue weighted by Crippen LogP contribution is -2.45. The van der Waals surface area contributed by atoms with E-state index in [1.165, 1.54) is 37.2 Å². The molecule has 1 spiro atoms. The summed E-state index contributed by atoms with van der Waals surface area (Å²) in [7, 11) is 0. The van der Waals surface area contributed by atoms with Crippen molar-refractivity contribution in [1.82, 2.24) is 14.2 Å². The van der Waals surface area contributed by atoms with Crippen LogP contribution >= 0.6 is 11.5 Å². The minimum atomic E-state index is -0.374. The number of hydrogen-bond donors (Lipinski definition) is 0. The SMILES string of the molecule is O=C(c1ccns1)N1CCC2(CC1)CC(CN1CCCCCC1)OC2=O. The first-order valence-electron chi connectivity index (χ1n) is 9.80. The Kier molecular flexibility index (Phi) is 5.27. The third-order valence-corrected chi connectivity index (χ3v) is 6.88. The second kappa shape index (κ2) is 7.64. The Balaban J connectivity index is 1.33. The van der Waals surface area contributed by atoms with Crippen LogP contribution in [0.3, 0.4) is 0 Å². The number of rotatable bonds is 3. The molecule has 1 atom stereocenters. The molecule has 0 saturated carbocycles. The van der Waals surface area contributed by atoms with Gasteiger partial charge in [-0.15, -0.1) is 0 Å². The predicted octanol–water partition coefficient (Wildman–Crippen LogP) is 2.56. The first-order valence-corrected chi connectivity index (χ1v) is 10.6. The van der Waals surface area contributed by atoms with Crippen molar-refractivity contribution in [2.45, 2.75) is 51.0 Å². The van der Waals surface area contributed by atoms with Crippen LogP contribution in [0.25, 0.3) is 0 Å². The number of carbonyl (C=O) groups excluding carboxylic acids is 2. The summed E-state index contributed by atoms with van der Waals surface area (Å²) in [5.74, 6) is -0.00274. The maximum absolute atomic E-state index is 12.6. The number of piperidine rings is 1. The van der Waals surface area contributed by atoms with Gasteiger partial charge in [-0.3, -0.25) is 14.5 Å². The lowest BCUT2D eigenvalue weighted by Gasteiger charge is -2.36. The zero-order valence-corrected chi connectivity index (χ0v) is 16.0. The van der Waals surface area contributed by atoms with Crippen molar-refractivity contribution in [2.24, 2.45) is 5.41 Å². The minimum Gasteiger partial charge on any atom is -0.461 e. The quantitative estimate of drug-likeness (QED) is 0.758. The number of ether oxygens (including phenoxy) is 1. The molecular weight excluding hydrogens is 350 g/mol. The number of nitrogens with zero attached hydrogens (tertiary/aromatic N) is 3. The van der Waals surface area contributed by atoms with Crippen molar-refractivity contribution >= 4 is 23.4 Å². The van der Waals surface area contributed by atoms with E-state index in [2.05, 4.69) is 9.27 Å². The molecule has 0 aromatic carbocycles. The molecule has 1 unspecified atom stereocenters. The van der Waals surface area contributed by atoms with Gasteiger partial charge in [-0.05, 0) is 56.4 Å². The van der Waals surface area contributed by atoms with Crippen LogP contribution in [0.1, 0.15) is 54.6 Å². The fraction of sp³-hybridized carbons (Fsp3) is 0.737. The van der Waals surface area contributed by atoms with Gasteiger partial charge in [0.15, 0.2) is 0 Å². The number of hydrogen-bond acceptors (Lipinski definition) is 6. The van der Waals surface area contributed by atoms with E-state index in [1.54, 1.807) is 12.3 Å². The molecule has 26 heavy (non-hydrogen) atoms. The molecule has 1 aromatic rings. The Morgan fingerprint density at radius 2 is 1.92 bits per heavy atom. The summed E-state index contributed by atoms with van der Waals surface area (Å²) in [6.07, 6.45) is 9.05. The predicted molar refractivity (Wildman–Crippen MR) is 99.1 cm³/mol. The number of carbonyl (C=O) groups is 2. The normalized spacial score (nSPS) is 26.7. The standard InChI is InChI=1S/C19H27N3O3S/c23-17(16-5-8-20-26-16)22-11-6-19(7-12-22)13-15(25-18(19)24)14-21-9-3-1-2-4-10-21/h5,8,15H,1-4,6-7,9-14H2. The van der Waals surface area contributed by atoms with E-state index in [0.717, 1.165) is 26.1 Å². The average Bonchev–Trinajstić information content (AvgIpc) is 3.19. The maximum atomic E-state index is 12.6. The molecule has 4 heterocycles. The van der Waals surface area contributed by atoms with Gasteiger partial charge in [-0.2, -0.15) is 0 Å². The average molecular weight is 378 g/mol. The summed E-state index contributed by atoms with van der Waals surface area (Å²) < 4.78 is 9.78. The highest BCUT2D eigenvalue weighted by Crippen LogP contribution is 2.43. The Morgan fingerprint density at radius 3 is 2.58 bits per heavy atom. The molecule has 0 radical (unpaired) electrons. The molecule has 1 aromatic heterocycles. The van der Waals surface area contributed by atoms with Gasteiger partial charge in [-0.25, -0.2) is 4.37 Å². The van der Waals surface area contributed by atoms with E-state index in [0.29, 0.717) is 30.8 Å². The van der Waals surface area contributed by atoms with E-state index in [-0.39, 0.29) is 23.4 Å². The number of amides is 1. The van der Waals surface area contributed by atoms with Gasteiger partial charge in [0.05, 0.1) is 5.41 Å². The number of aromatic nitrogens is 1. The zero-order chi connectivity index (χ0) is 18.0. The van der Waals surface area contributed by atoms with Crippen molar-refractivity contribution in [1.29, 1.82) is 0 Å². The van der Waals surface area contributed by atoms with Crippen molar-refractivity contribution < 1.29 is 14.3 Å². The lowest BCUT2D eigenvalue weighted by molar-refractivity contribution is -0.151. The summed E-state index contributed by atoms with van der Waals surface area (Å²) >= 11 is 1.23. The molecule has 4 rings (SSSR count). The monoisotopic (exact) mass is 377 g/mol. The van der Waals surface area contributed by atoms with Gasteiger partial charge in [0.2, 0.25) is 0 Å². The van der Waals surface area contributed by atoms with Gasteiger partial charge in [0, 0.05) is 32.3 Å². The highest BCUT2D eigenvalue weighted by molar-refractivity contribution is 7.08. The summed E-state index contributed by atoms with van der Waals surface area (Å²) in [4.78, 5) is 30.1. The first-order chi connectivity index (χ1) is 12.7. The molecule has 3 fully saturated rings. The molecule has 3 saturated heterocycles. The largest absolute Gasteiger partial charge is 0.461 e. The van der Waals surface area contributed by atoms with E-state index in [9.17, 15) is 9.59 Å². The van der Waals surface area contributed by atoms with Gasteiger partial charge in [0.1, 0.15) is 11.0 Å². The molecule has 3 aliphatic heterocycles. The van der Waals surface area contributed by atoms with Crippen LogP contribution in [0, 0.1) is 5.41 Å². The van der Waals surface area contributed by atoms with Crippen LogP contribution in [0.15, 0.2) is 12.3 Å². The highest BCUT2D eigenvalue weighted by atomic mass is 32.1. The number of esters is 1. The molecule has 6 nitrogen and oxygen atoms in total. The summed E-state index contributed by atoms with van der Waals surface area (Å²) in [6.45, 7) is 4.37. The van der Waals surface area contributed by atoms with Gasteiger partial charge < -0.3 is 9.64 Å². The topological polar surface area (TPSA) is 62.7 Å². The van der Waals surface area contributed by atoms with Crippen LogP contribution in [-0.2, 0) is 9.53 Å². The molecule has 0 N–H and O–H groups in total. The van der Waals surface area contributed by atoms with Crippen molar-refractivity contribution in [3.8, 4) is 0 Å². The Morgan fingerprint density at radius 1 is 1.19 bits per heavy atom. The van der Waals surface area contributed by atoms with Crippen LogP contribution in [0.5, 0.6) is 0 Å². The van der Waals surface area contributed by atoms with E-state index >= 15 is 0 Å². The zero-order valence-electron chi connectivity index (χ0n) is 15.2. The molecule has 0 aliphatic carbocycles. The third-order valence-electron chi connectivity index (χ3n) is 6.14. The van der Waals surface area contributed by atoms with Gasteiger partial charge in [-0.1, -0.05) is 12.8 Å². The minimum absolute atomic E-state index is 0.0179. The summed E-state index contributed by atoms with van der Waals surface area (Å²) in [5, 5.41) is 0. The lowest BCUT2D eigenvalue weighted by atomic mass is 9.76. The second-order valence-corrected chi connectivity index (χ2v) is 8.73. The molecule has 1 amide bonds. The summed E-state index contributed by atoms with van der Waals surface area (Å²) in [6, 6.07) is 1.76. The van der Waals surface area contributed by atoms with Crippen molar-refractivity contribution in [3.63, 3.8) is 0 Å². The van der Waals surface area contributed by atoms with Crippen LogP contribution < -0.4 is 0 Å². The third kappa shape index (κ3) is 3.64. The van der Waals surface area contributed by atoms with Crippen LogP contribution in [0.2, 0.25) is 0 Å². The van der Waals surface area contributed by atoms with Crippen molar-refractivity contribution in [3.05, 3.63) is 17.1 Å². The molecule has 7 heteroatoms. The smallest absolute Gasteiger partial charge is 0.312 e. The first kappa shape index (κ1) is 17.9. The molecule has 142 valence electrons. The summed E-state index contributed by atoms with van der Waals surface area (Å²) in [5.41, 5.74) is -0.374. The van der Waals surface area contributed by atoms with E-state index < -0.39 is 0 Å². The fourth-order valence-electron chi connectivity index (χ4n) is 4.57. The molecule has 3 aliphatic rings. The van der Waals surface area contributed by atoms with Crippen LogP contribution in [0.4, 0.5) is 0 Å². The number of cyclic esters (lactones) is 1. The van der Waals surface area contributed by atoms with Crippen molar-refractivity contribution in [2.75, 3.05) is 32.7 Å². The van der Waals surface area contributed by atoms with Gasteiger partial charge in [0.25, 0.3) is 5.91 Å².